The Morgan fingerprint density at radius 3 is 3.13 bits per heavy atom. The van der Waals surface area contributed by atoms with E-state index in [-0.39, 0.29) is 6.04 Å². The summed E-state index contributed by atoms with van der Waals surface area (Å²) in [7, 11) is 0. The topological polar surface area (TPSA) is 80.5 Å². The second-order valence-electron chi connectivity index (χ2n) is 4.11. The number of nitrogens with zero attached hydrogens (tertiary/aromatic N) is 3. The van der Waals surface area contributed by atoms with E-state index in [2.05, 4.69) is 20.4 Å². The number of rotatable bonds is 0. The Labute approximate surface area is 87.1 Å². The van der Waals surface area contributed by atoms with Crippen molar-refractivity contribution in [2.24, 2.45) is 5.73 Å². The van der Waals surface area contributed by atoms with E-state index in [9.17, 15) is 0 Å². The Morgan fingerprint density at radius 2 is 2.27 bits per heavy atom. The number of fused-ring (bicyclic) bond motifs is 3. The van der Waals surface area contributed by atoms with Crippen molar-refractivity contribution in [2.45, 2.75) is 32.2 Å². The molecule has 0 bridgehead atoms. The van der Waals surface area contributed by atoms with Gasteiger partial charge in [-0.3, -0.25) is 5.10 Å². The van der Waals surface area contributed by atoms with Crippen LogP contribution in [0.15, 0.2) is 0 Å². The average Bonchev–Trinajstić information content (AvgIpc) is 2.61. The SMILES string of the molecule is Cc1[nH]nc2nnc3c(c12)CCCC3N. The van der Waals surface area contributed by atoms with Gasteiger partial charge in [0.25, 0.3) is 0 Å². The molecule has 2 aromatic rings. The molecule has 0 amide bonds. The van der Waals surface area contributed by atoms with Crippen LogP contribution >= 0.6 is 0 Å². The van der Waals surface area contributed by atoms with Crippen molar-refractivity contribution in [1.29, 1.82) is 0 Å². The molecule has 15 heavy (non-hydrogen) atoms. The van der Waals surface area contributed by atoms with Gasteiger partial charge < -0.3 is 5.73 Å². The van der Waals surface area contributed by atoms with Crippen molar-refractivity contribution < 1.29 is 0 Å². The number of hydrogen-bond acceptors (Lipinski definition) is 4. The van der Waals surface area contributed by atoms with E-state index < -0.39 is 0 Å². The van der Waals surface area contributed by atoms with Gasteiger partial charge in [0.2, 0.25) is 5.65 Å². The molecule has 5 nitrogen and oxygen atoms in total. The van der Waals surface area contributed by atoms with Crippen molar-refractivity contribution >= 4 is 11.0 Å². The normalized spacial score (nSPS) is 20.5. The summed E-state index contributed by atoms with van der Waals surface area (Å²) in [4.78, 5) is 0. The molecule has 0 aromatic carbocycles. The number of H-pyrrole nitrogens is 1. The lowest BCUT2D eigenvalue weighted by Gasteiger charge is -2.20. The van der Waals surface area contributed by atoms with Gasteiger partial charge >= 0.3 is 0 Å². The fraction of sp³-hybridized carbons (Fsp3) is 0.500. The minimum absolute atomic E-state index is 0.0416. The summed E-state index contributed by atoms with van der Waals surface area (Å²) in [5.74, 6) is 0. The van der Waals surface area contributed by atoms with Crippen molar-refractivity contribution in [2.75, 3.05) is 0 Å². The molecule has 0 fully saturated rings. The number of nitrogens with one attached hydrogen (secondary N) is 1. The van der Waals surface area contributed by atoms with Crippen LogP contribution < -0.4 is 5.73 Å². The van der Waals surface area contributed by atoms with E-state index >= 15 is 0 Å². The second-order valence-corrected chi connectivity index (χ2v) is 4.11. The van der Waals surface area contributed by atoms with Crippen LogP contribution in [0.5, 0.6) is 0 Å². The molecule has 1 aliphatic carbocycles. The smallest absolute Gasteiger partial charge is 0.203 e. The van der Waals surface area contributed by atoms with Gasteiger partial charge in [-0.05, 0) is 31.7 Å². The summed E-state index contributed by atoms with van der Waals surface area (Å²) in [5, 5.41) is 16.5. The zero-order valence-corrected chi connectivity index (χ0v) is 8.62. The fourth-order valence-corrected chi connectivity index (χ4v) is 2.33. The first-order chi connectivity index (χ1) is 7.27. The molecule has 5 heteroatoms. The quantitative estimate of drug-likeness (QED) is 0.669. The summed E-state index contributed by atoms with van der Waals surface area (Å²) >= 11 is 0. The van der Waals surface area contributed by atoms with Gasteiger partial charge in [-0.2, -0.15) is 10.2 Å². The van der Waals surface area contributed by atoms with Crippen LogP contribution in [-0.2, 0) is 6.42 Å². The van der Waals surface area contributed by atoms with Gasteiger partial charge in [0.15, 0.2) is 0 Å². The molecular formula is C10H13N5. The van der Waals surface area contributed by atoms with Crippen molar-refractivity contribution in [3.8, 4) is 0 Å². The van der Waals surface area contributed by atoms with E-state index in [0.717, 1.165) is 36.0 Å². The molecular weight excluding hydrogens is 190 g/mol. The van der Waals surface area contributed by atoms with E-state index in [1.165, 1.54) is 5.56 Å². The lowest BCUT2D eigenvalue weighted by atomic mass is 9.91. The van der Waals surface area contributed by atoms with Gasteiger partial charge in [0.1, 0.15) is 0 Å². The number of aryl methyl sites for hydroxylation is 2. The maximum atomic E-state index is 6.02. The van der Waals surface area contributed by atoms with Crippen molar-refractivity contribution in [3.63, 3.8) is 0 Å². The highest BCUT2D eigenvalue weighted by molar-refractivity contribution is 5.81. The fourth-order valence-electron chi connectivity index (χ4n) is 2.33. The van der Waals surface area contributed by atoms with E-state index in [1.54, 1.807) is 0 Å². The molecule has 3 N–H and O–H groups in total. The van der Waals surface area contributed by atoms with Crippen LogP contribution in [0.4, 0.5) is 0 Å². The largest absolute Gasteiger partial charge is 0.323 e. The number of nitrogens with two attached hydrogens (primary N) is 1. The lowest BCUT2D eigenvalue weighted by Crippen LogP contribution is -2.20. The first-order valence-corrected chi connectivity index (χ1v) is 5.23. The van der Waals surface area contributed by atoms with Gasteiger partial charge in [-0.1, -0.05) is 0 Å². The Bertz CT molecular complexity index is 516. The lowest BCUT2D eigenvalue weighted by molar-refractivity contribution is 0.550. The van der Waals surface area contributed by atoms with Crippen LogP contribution in [0.3, 0.4) is 0 Å². The van der Waals surface area contributed by atoms with Gasteiger partial charge in [0, 0.05) is 17.1 Å². The van der Waals surface area contributed by atoms with E-state index in [1.807, 2.05) is 6.92 Å². The summed E-state index contributed by atoms with van der Waals surface area (Å²) < 4.78 is 0. The van der Waals surface area contributed by atoms with Crippen LogP contribution in [0.25, 0.3) is 11.0 Å². The molecule has 0 aliphatic heterocycles. The number of hydrogen-bond donors (Lipinski definition) is 2. The molecule has 3 rings (SSSR count). The molecule has 0 radical (unpaired) electrons. The molecule has 0 spiro atoms. The van der Waals surface area contributed by atoms with Crippen molar-refractivity contribution in [1.82, 2.24) is 20.4 Å². The molecule has 0 saturated carbocycles. The molecule has 1 unspecified atom stereocenters. The van der Waals surface area contributed by atoms with Crippen LogP contribution in [0.2, 0.25) is 0 Å². The van der Waals surface area contributed by atoms with E-state index in [4.69, 9.17) is 5.73 Å². The van der Waals surface area contributed by atoms with Gasteiger partial charge in [-0.25, -0.2) is 0 Å². The summed E-state index contributed by atoms with van der Waals surface area (Å²) in [6.45, 7) is 2.01. The highest BCUT2D eigenvalue weighted by Gasteiger charge is 2.22. The van der Waals surface area contributed by atoms with Crippen molar-refractivity contribution in [3.05, 3.63) is 17.0 Å². The minimum atomic E-state index is 0.0416. The maximum absolute atomic E-state index is 6.02. The standard InChI is InChI=1S/C10H13N5/c1-5-8-6-3-2-4-7(11)9(6)13-15-10(8)14-12-5/h7H,2-4,11H2,1H3,(H,12,14,15). The van der Waals surface area contributed by atoms with Crippen LogP contribution in [0.1, 0.15) is 35.8 Å². The molecule has 2 aromatic heterocycles. The Balaban J connectivity index is 2.36. The second kappa shape index (κ2) is 3.00. The monoisotopic (exact) mass is 203 g/mol. The predicted octanol–water partition coefficient (Wildman–Crippen LogP) is 0.997. The maximum Gasteiger partial charge on any atom is 0.203 e. The highest BCUT2D eigenvalue weighted by Crippen LogP contribution is 2.31. The third-order valence-electron chi connectivity index (χ3n) is 3.08. The Hall–Kier alpha value is -1.49. The molecule has 78 valence electrons. The van der Waals surface area contributed by atoms with E-state index in [0.29, 0.717) is 5.65 Å². The zero-order chi connectivity index (χ0) is 10.4. The third-order valence-corrected chi connectivity index (χ3v) is 3.08. The summed E-state index contributed by atoms with van der Waals surface area (Å²) in [6, 6.07) is 0.0416. The van der Waals surface area contributed by atoms with Crippen LogP contribution in [-0.4, -0.2) is 20.4 Å². The van der Waals surface area contributed by atoms with Crippen LogP contribution in [0, 0.1) is 6.92 Å². The first-order valence-electron chi connectivity index (χ1n) is 5.23. The predicted molar refractivity (Wildman–Crippen MR) is 56.3 cm³/mol. The molecule has 1 atom stereocenters. The Morgan fingerprint density at radius 1 is 1.40 bits per heavy atom. The average molecular weight is 203 g/mol. The molecule has 1 aliphatic rings. The third kappa shape index (κ3) is 1.16. The highest BCUT2D eigenvalue weighted by atomic mass is 15.2. The Kier molecular flexibility index (Phi) is 1.76. The summed E-state index contributed by atoms with van der Waals surface area (Å²) in [5.41, 5.74) is 9.99. The van der Waals surface area contributed by atoms with Gasteiger partial charge in [0.05, 0.1) is 5.69 Å². The summed E-state index contributed by atoms with van der Waals surface area (Å²) in [6.07, 6.45) is 3.17. The zero-order valence-electron chi connectivity index (χ0n) is 8.62. The molecule has 0 saturated heterocycles. The molecule has 2 heterocycles. The number of aromatic amines is 1. The first kappa shape index (κ1) is 8.79. The van der Waals surface area contributed by atoms with Gasteiger partial charge in [-0.15, -0.1) is 5.10 Å². The number of aromatic nitrogens is 4. The minimum Gasteiger partial charge on any atom is -0.323 e.